The molecule has 0 bridgehead atoms. The molecule has 0 N–H and O–H groups in total. The lowest BCUT2D eigenvalue weighted by atomic mass is 9.62. The van der Waals surface area contributed by atoms with Crippen LogP contribution in [0.5, 0.6) is 0 Å². The van der Waals surface area contributed by atoms with E-state index in [4.69, 9.17) is 0 Å². The molecule has 1 atom stereocenters. The molecule has 2 aliphatic carbocycles. The van der Waals surface area contributed by atoms with Crippen LogP contribution in [0.2, 0.25) is 0 Å². The summed E-state index contributed by atoms with van der Waals surface area (Å²) < 4.78 is 0. The zero-order valence-electron chi connectivity index (χ0n) is 11.8. The average molecular weight is 250 g/mol. The number of hydrogen-bond acceptors (Lipinski definition) is 0. The van der Waals surface area contributed by atoms with Crippen molar-refractivity contribution in [3.05, 3.63) is 65.8 Å². The van der Waals surface area contributed by atoms with E-state index in [1.165, 1.54) is 24.0 Å². The Morgan fingerprint density at radius 2 is 1.63 bits per heavy atom. The molecule has 0 radical (unpaired) electrons. The van der Waals surface area contributed by atoms with Gasteiger partial charge in [-0.15, -0.1) is 0 Å². The smallest absolute Gasteiger partial charge is 0.00921 e. The van der Waals surface area contributed by atoms with Crippen LogP contribution in [0, 0.1) is 11.3 Å². The molecule has 2 aliphatic rings. The Morgan fingerprint density at radius 3 is 2.32 bits per heavy atom. The van der Waals surface area contributed by atoms with Crippen molar-refractivity contribution in [3.63, 3.8) is 0 Å². The van der Waals surface area contributed by atoms with Gasteiger partial charge in [0.1, 0.15) is 0 Å². The van der Waals surface area contributed by atoms with Gasteiger partial charge in [0.2, 0.25) is 0 Å². The third-order valence-corrected chi connectivity index (χ3v) is 5.15. The number of benzene rings is 1. The summed E-state index contributed by atoms with van der Waals surface area (Å²) in [6, 6.07) is 8.86. The van der Waals surface area contributed by atoms with E-state index in [9.17, 15) is 0 Å². The van der Waals surface area contributed by atoms with E-state index in [1.54, 1.807) is 0 Å². The minimum atomic E-state index is 0.326. The van der Waals surface area contributed by atoms with Gasteiger partial charge in [0, 0.05) is 11.8 Å². The fraction of sp³-hybridized carbons (Fsp3) is 0.368. The van der Waals surface area contributed by atoms with Crippen molar-refractivity contribution in [2.24, 2.45) is 11.3 Å². The van der Waals surface area contributed by atoms with Gasteiger partial charge in [0.15, 0.2) is 0 Å². The van der Waals surface area contributed by atoms with Crippen LogP contribution in [-0.4, -0.2) is 0 Å². The lowest BCUT2D eigenvalue weighted by Crippen LogP contribution is -2.32. The summed E-state index contributed by atoms with van der Waals surface area (Å²) in [6.07, 6.45) is 16.3. The standard InChI is InChI=1S/C19H22/c1-3-19(4-2,16-10-6-7-11-16)18-14-13-15-9-5-8-12-17(15)18/h5-14,16,18H,3-4H2,1-2H3. The van der Waals surface area contributed by atoms with Crippen LogP contribution in [0.25, 0.3) is 6.08 Å². The third-order valence-electron chi connectivity index (χ3n) is 5.15. The van der Waals surface area contributed by atoms with E-state index in [1.807, 2.05) is 0 Å². The SMILES string of the molecule is CCC(CC)(C1C=CC=C1)C1C=Cc2ccccc21. The number of allylic oxidation sites excluding steroid dienone is 5. The molecule has 0 saturated heterocycles. The highest BCUT2D eigenvalue weighted by molar-refractivity contribution is 5.63. The van der Waals surface area contributed by atoms with Crippen molar-refractivity contribution in [2.75, 3.05) is 0 Å². The topological polar surface area (TPSA) is 0 Å². The number of rotatable bonds is 4. The lowest BCUT2D eigenvalue weighted by Gasteiger charge is -2.41. The van der Waals surface area contributed by atoms with Gasteiger partial charge in [0.25, 0.3) is 0 Å². The molecular formula is C19H22. The van der Waals surface area contributed by atoms with Crippen LogP contribution in [0.1, 0.15) is 43.7 Å². The molecule has 19 heavy (non-hydrogen) atoms. The molecule has 0 saturated carbocycles. The van der Waals surface area contributed by atoms with E-state index in [0.29, 0.717) is 17.3 Å². The predicted octanol–water partition coefficient (Wildman–Crippen LogP) is 5.35. The molecule has 0 nitrogen and oxygen atoms in total. The molecule has 1 aromatic carbocycles. The Morgan fingerprint density at radius 1 is 0.947 bits per heavy atom. The van der Waals surface area contributed by atoms with Crippen molar-refractivity contribution in [3.8, 4) is 0 Å². The molecule has 0 fully saturated rings. The fourth-order valence-corrected chi connectivity index (χ4v) is 3.93. The zero-order chi connectivity index (χ0) is 13.3. The highest BCUT2D eigenvalue weighted by Crippen LogP contribution is 2.53. The number of fused-ring (bicyclic) bond motifs is 1. The highest BCUT2D eigenvalue weighted by atomic mass is 14.5. The highest BCUT2D eigenvalue weighted by Gasteiger charge is 2.42. The summed E-state index contributed by atoms with van der Waals surface area (Å²) >= 11 is 0. The molecule has 1 aromatic rings. The first-order valence-corrected chi connectivity index (χ1v) is 7.44. The van der Waals surface area contributed by atoms with E-state index in [2.05, 4.69) is 74.6 Å². The van der Waals surface area contributed by atoms with Crippen molar-refractivity contribution in [1.29, 1.82) is 0 Å². The maximum atomic E-state index is 2.43. The first kappa shape index (κ1) is 12.5. The molecule has 0 spiro atoms. The molecule has 0 heteroatoms. The second kappa shape index (κ2) is 4.85. The zero-order valence-corrected chi connectivity index (χ0v) is 11.8. The van der Waals surface area contributed by atoms with Gasteiger partial charge >= 0.3 is 0 Å². The summed E-state index contributed by atoms with van der Waals surface area (Å²) in [4.78, 5) is 0. The molecule has 0 heterocycles. The average Bonchev–Trinajstić information content (AvgIpc) is 3.11. The molecule has 3 rings (SSSR count). The molecule has 0 aromatic heterocycles. The minimum absolute atomic E-state index is 0.326. The molecule has 0 aliphatic heterocycles. The lowest BCUT2D eigenvalue weighted by molar-refractivity contribution is 0.186. The van der Waals surface area contributed by atoms with Gasteiger partial charge in [-0.3, -0.25) is 0 Å². The minimum Gasteiger partial charge on any atom is -0.0770 e. The summed E-state index contributed by atoms with van der Waals surface area (Å²) in [7, 11) is 0. The number of hydrogen-bond donors (Lipinski definition) is 0. The quantitative estimate of drug-likeness (QED) is 0.676. The normalized spacial score (nSPS) is 21.3. The second-order valence-corrected chi connectivity index (χ2v) is 5.70. The molecule has 0 amide bonds. The molecular weight excluding hydrogens is 228 g/mol. The first-order valence-electron chi connectivity index (χ1n) is 7.44. The van der Waals surface area contributed by atoms with Gasteiger partial charge in [-0.25, -0.2) is 0 Å². The summed E-state index contributed by atoms with van der Waals surface area (Å²) in [5.74, 6) is 1.12. The van der Waals surface area contributed by atoms with E-state index >= 15 is 0 Å². The maximum absolute atomic E-state index is 2.43. The van der Waals surface area contributed by atoms with Crippen molar-refractivity contribution in [2.45, 2.75) is 32.6 Å². The van der Waals surface area contributed by atoms with E-state index in [-0.39, 0.29) is 0 Å². The summed E-state index contributed by atoms with van der Waals surface area (Å²) in [5.41, 5.74) is 3.25. The molecule has 98 valence electrons. The van der Waals surface area contributed by atoms with Crippen LogP contribution in [-0.2, 0) is 0 Å². The van der Waals surface area contributed by atoms with Crippen LogP contribution in [0.4, 0.5) is 0 Å². The van der Waals surface area contributed by atoms with Crippen LogP contribution in [0.15, 0.2) is 54.6 Å². The summed E-state index contributed by atoms with van der Waals surface area (Å²) in [6.45, 7) is 4.69. The van der Waals surface area contributed by atoms with Gasteiger partial charge < -0.3 is 0 Å². The van der Waals surface area contributed by atoms with Crippen LogP contribution < -0.4 is 0 Å². The van der Waals surface area contributed by atoms with Gasteiger partial charge in [0.05, 0.1) is 0 Å². The van der Waals surface area contributed by atoms with Crippen LogP contribution in [0.3, 0.4) is 0 Å². The molecule has 1 unspecified atom stereocenters. The van der Waals surface area contributed by atoms with E-state index < -0.39 is 0 Å². The summed E-state index contributed by atoms with van der Waals surface area (Å²) in [5, 5.41) is 0. The van der Waals surface area contributed by atoms with E-state index in [0.717, 1.165) is 0 Å². The Labute approximate surface area is 116 Å². The Bertz CT molecular complexity index is 529. The predicted molar refractivity (Wildman–Crippen MR) is 83.0 cm³/mol. The Kier molecular flexibility index (Phi) is 3.18. The van der Waals surface area contributed by atoms with Gasteiger partial charge in [-0.05, 0) is 29.4 Å². The monoisotopic (exact) mass is 250 g/mol. The third kappa shape index (κ3) is 1.82. The van der Waals surface area contributed by atoms with Crippen molar-refractivity contribution >= 4 is 6.08 Å². The van der Waals surface area contributed by atoms with Gasteiger partial charge in [-0.2, -0.15) is 0 Å². The first-order chi connectivity index (χ1) is 9.31. The Balaban J connectivity index is 2.05. The largest absolute Gasteiger partial charge is 0.0770 e. The Hall–Kier alpha value is -1.56. The maximum Gasteiger partial charge on any atom is 0.00921 e. The van der Waals surface area contributed by atoms with Crippen molar-refractivity contribution < 1.29 is 0 Å². The van der Waals surface area contributed by atoms with Crippen molar-refractivity contribution in [1.82, 2.24) is 0 Å². The van der Waals surface area contributed by atoms with Gasteiger partial charge in [-0.1, -0.05) is 74.6 Å². The second-order valence-electron chi connectivity index (χ2n) is 5.70. The van der Waals surface area contributed by atoms with Crippen LogP contribution >= 0.6 is 0 Å². The fourth-order valence-electron chi connectivity index (χ4n) is 3.93.